The van der Waals surface area contributed by atoms with Crippen LogP contribution in [-0.2, 0) is 0 Å². The summed E-state index contributed by atoms with van der Waals surface area (Å²) in [4.78, 5) is 0. The maximum atomic E-state index is 9.06. The fraction of sp³-hybridized carbons (Fsp3) is 0.714. The molecule has 2 N–H and O–H groups in total. The molecule has 0 radical (unpaired) electrons. The molecule has 0 heterocycles. The van der Waals surface area contributed by atoms with Gasteiger partial charge in [-0.2, -0.15) is 0 Å². The molecule has 0 bridgehead atoms. The summed E-state index contributed by atoms with van der Waals surface area (Å²) in [7, 11) is 0. The van der Waals surface area contributed by atoms with Gasteiger partial charge < -0.3 is 10.2 Å². The fourth-order valence-corrected chi connectivity index (χ4v) is 1.10. The van der Waals surface area contributed by atoms with Gasteiger partial charge in [-0.1, -0.05) is 6.08 Å². The molecule has 1 atom stereocenters. The largest absolute Gasteiger partial charge is 0.393 e. The van der Waals surface area contributed by atoms with Crippen LogP contribution in [0.3, 0.4) is 0 Å². The van der Waals surface area contributed by atoms with E-state index in [0.29, 0.717) is 6.42 Å². The van der Waals surface area contributed by atoms with E-state index in [1.807, 2.05) is 6.08 Å². The Morgan fingerprint density at radius 2 is 2.44 bits per heavy atom. The van der Waals surface area contributed by atoms with Crippen molar-refractivity contribution in [2.24, 2.45) is 0 Å². The first-order chi connectivity index (χ1) is 4.33. The molecule has 0 aromatic carbocycles. The smallest absolute Gasteiger partial charge is 0.0642 e. The van der Waals surface area contributed by atoms with E-state index in [-0.39, 0.29) is 12.7 Å². The molecule has 0 aromatic heterocycles. The Balaban J connectivity index is 2.43. The summed E-state index contributed by atoms with van der Waals surface area (Å²) in [5.74, 6) is 0. The molecule has 0 amide bonds. The Labute approximate surface area is 54.8 Å². The van der Waals surface area contributed by atoms with Crippen LogP contribution in [-0.4, -0.2) is 22.9 Å². The van der Waals surface area contributed by atoms with Crippen molar-refractivity contribution in [1.82, 2.24) is 0 Å². The predicted molar refractivity (Wildman–Crippen MR) is 35.0 cm³/mol. The molecule has 1 rings (SSSR count). The first kappa shape index (κ1) is 6.78. The van der Waals surface area contributed by atoms with Crippen molar-refractivity contribution >= 4 is 0 Å². The fourth-order valence-electron chi connectivity index (χ4n) is 1.10. The summed E-state index contributed by atoms with van der Waals surface area (Å²) in [5.41, 5.74) is 0.980. The van der Waals surface area contributed by atoms with Gasteiger partial charge in [-0.05, 0) is 24.8 Å². The van der Waals surface area contributed by atoms with Crippen LogP contribution < -0.4 is 0 Å². The second kappa shape index (κ2) is 2.99. The van der Waals surface area contributed by atoms with Gasteiger partial charge in [0.1, 0.15) is 0 Å². The van der Waals surface area contributed by atoms with Crippen LogP contribution in [0.4, 0.5) is 0 Å². The van der Waals surface area contributed by atoms with Crippen LogP contribution in [0, 0.1) is 0 Å². The maximum Gasteiger partial charge on any atom is 0.0642 e. The molecule has 1 unspecified atom stereocenters. The van der Waals surface area contributed by atoms with Crippen LogP contribution in [0.1, 0.15) is 19.3 Å². The van der Waals surface area contributed by atoms with Crippen molar-refractivity contribution < 1.29 is 10.2 Å². The van der Waals surface area contributed by atoms with Gasteiger partial charge in [-0.3, -0.25) is 0 Å². The van der Waals surface area contributed by atoms with Crippen molar-refractivity contribution in [2.45, 2.75) is 25.4 Å². The molecule has 1 aliphatic carbocycles. The Bertz CT molecular complexity index is 118. The first-order valence-corrected chi connectivity index (χ1v) is 3.29. The lowest BCUT2D eigenvalue weighted by molar-refractivity contribution is 0.154. The third-order valence-corrected chi connectivity index (χ3v) is 1.63. The Morgan fingerprint density at radius 3 is 2.89 bits per heavy atom. The normalized spacial score (nSPS) is 27.8. The summed E-state index contributed by atoms with van der Waals surface area (Å²) in [5, 5.41) is 17.7. The molecular formula is C7H12O2. The lowest BCUT2D eigenvalue weighted by atomic mass is 9.98. The summed E-state index contributed by atoms with van der Waals surface area (Å²) in [6.07, 6.45) is 4.22. The molecule has 0 aliphatic heterocycles. The second-order valence-corrected chi connectivity index (χ2v) is 2.46. The topological polar surface area (TPSA) is 40.5 Å². The number of aliphatic hydroxyl groups is 2. The van der Waals surface area contributed by atoms with Crippen LogP contribution in [0.2, 0.25) is 0 Å². The van der Waals surface area contributed by atoms with E-state index in [1.165, 1.54) is 0 Å². The van der Waals surface area contributed by atoms with E-state index in [4.69, 9.17) is 10.2 Å². The van der Waals surface area contributed by atoms with E-state index in [9.17, 15) is 0 Å². The number of hydrogen-bond acceptors (Lipinski definition) is 2. The molecule has 0 saturated carbocycles. The van der Waals surface area contributed by atoms with E-state index in [2.05, 4.69) is 0 Å². The zero-order chi connectivity index (χ0) is 6.69. The third-order valence-electron chi connectivity index (χ3n) is 1.63. The number of hydrogen-bond donors (Lipinski definition) is 2. The van der Waals surface area contributed by atoms with Crippen LogP contribution in [0.25, 0.3) is 0 Å². The zero-order valence-corrected chi connectivity index (χ0v) is 5.38. The van der Waals surface area contributed by atoms with Gasteiger partial charge >= 0.3 is 0 Å². The van der Waals surface area contributed by atoms with E-state index < -0.39 is 0 Å². The molecule has 0 fully saturated rings. The molecule has 52 valence electrons. The summed E-state index contributed by atoms with van der Waals surface area (Å²) in [6, 6.07) is 0. The second-order valence-electron chi connectivity index (χ2n) is 2.46. The Morgan fingerprint density at radius 1 is 1.67 bits per heavy atom. The molecule has 2 heteroatoms. The van der Waals surface area contributed by atoms with Crippen LogP contribution in [0.15, 0.2) is 11.6 Å². The average Bonchev–Trinajstić information content (AvgIpc) is 1.88. The van der Waals surface area contributed by atoms with Crippen LogP contribution >= 0.6 is 0 Å². The van der Waals surface area contributed by atoms with E-state index in [1.54, 1.807) is 0 Å². The standard InChI is InChI=1S/C7H12O2/c8-5-6-2-1-3-7(9)4-6/h2,7-9H,1,3-5H2. The van der Waals surface area contributed by atoms with Crippen molar-refractivity contribution in [2.75, 3.05) is 6.61 Å². The highest BCUT2D eigenvalue weighted by Gasteiger charge is 2.10. The van der Waals surface area contributed by atoms with Crippen molar-refractivity contribution in [1.29, 1.82) is 0 Å². The zero-order valence-electron chi connectivity index (χ0n) is 5.38. The highest BCUT2D eigenvalue weighted by atomic mass is 16.3. The van der Waals surface area contributed by atoms with E-state index >= 15 is 0 Å². The van der Waals surface area contributed by atoms with Gasteiger partial charge in [0.15, 0.2) is 0 Å². The molecule has 0 saturated heterocycles. The number of rotatable bonds is 1. The minimum atomic E-state index is -0.211. The monoisotopic (exact) mass is 128 g/mol. The molecular weight excluding hydrogens is 116 g/mol. The van der Waals surface area contributed by atoms with Crippen LogP contribution in [0.5, 0.6) is 0 Å². The van der Waals surface area contributed by atoms with Gasteiger partial charge in [-0.15, -0.1) is 0 Å². The molecule has 2 nitrogen and oxygen atoms in total. The number of aliphatic hydroxyl groups excluding tert-OH is 2. The highest BCUT2D eigenvalue weighted by Crippen LogP contribution is 2.16. The highest BCUT2D eigenvalue weighted by molar-refractivity contribution is 5.06. The molecule has 0 aromatic rings. The molecule has 1 aliphatic rings. The summed E-state index contributed by atoms with van der Waals surface area (Å²) >= 11 is 0. The molecule has 9 heavy (non-hydrogen) atoms. The van der Waals surface area contributed by atoms with Gasteiger partial charge in [0, 0.05) is 0 Å². The SMILES string of the molecule is OCC1=CCCC(O)C1. The van der Waals surface area contributed by atoms with Crippen molar-refractivity contribution in [3.63, 3.8) is 0 Å². The third kappa shape index (κ3) is 1.80. The predicted octanol–water partition coefficient (Wildman–Crippen LogP) is 0.450. The van der Waals surface area contributed by atoms with Gasteiger partial charge in [0.25, 0.3) is 0 Å². The Kier molecular flexibility index (Phi) is 2.25. The number of allylic oxidation sites excluding steroid dienone is 1. The lowest BCUT2D eigenvalue weighted by Crippen LogP contribution is -2.12. The summed E-state index contributed by atoms with van der Waals surface area (Å²) < 4.78 is 0. The van der Waals surface area contributed by atoms with E-state index in [0.717, 1.165) is 18.4 Å². The van der Waals surface area contributed by atoms with Gasteiger partial charge in [0.2, 0.25) is 0 Å². The summed E-state index contributed by atoms with van der Waals surface area (Å²) in [6.45, 7) is 0.108. The van der Waals surface area contributed by atoms with Crippen molar-refractivity contribution in [3.05, 3.63) is 11.6 Å². The molecule has 0 spiro atoms. The lowest BCUT2D eigenvalue weighted by Gasteiger charge is -2.15. The quantitative estimate of drug-likeness (QED) is 0.503. The minimum absolute atomic E-state index is 0.108. The first-order valence-electron chi connectivity index (χ1n) is 3.29. The maximum absolute atomic E-state index is 9.06. The minimum Gasteiger partial charge on any atom is -0.393 e. The average molecular weight is 128 g/mol. The Hall–Kier alpha value is -0.340. The van der Waals surface area contributed by atoms with Crippen molar-refractivity contribution in [3.8, 4) is 0 Å². The van der Waals surface area contributed by atoms with Gasteiger partial charge in [0.05, 0.1) is 12.7 Å². The van der Waals surface area contributed by atoms with Gasteiger partial charge in [-0.25, -0.2) is 0 Å².